The number of aromatic amines is 1. The van der Waals surface area contributed by atoms with E-state index in [0.29, 0.717) is 18.6 Å². The Kier molecular flexibility index (Phi) is 3.48. The Balaban J connectivity index is 1.55. The number of nitrogens with one attached hydrogen (secondary N) is 2. The molecule has 1 aromatic carbocycles. The van der Waals surface area contributed by atoms with Gasteiger partial charge in [-0.15, -0.1) is 0 Å². The van der Waals surface area contributed by atoms with Crippen LogP contribution in [0, 0.1) is 0 Å². The number of fused-ring (bicyclic) bond motifs is 1. The molecule has 1 aliphatic heterocycles. The molecule has 5 heteroatoms. The van der Waals surface area contributed by atoms with Gasteiger partial charge in [0.2, 0.25) is 0 Å². The Hall–Kier alpha value is -1.69. The highest BCUT2D eigenvalue weighted by Crippen LogP contribution is 2.39. The quantitative estimate of drug-likeness (QED) is 0.746. The second kappa shape index (κ2) is 5.50. The average molecular weight is 299 g/mol. The number of benzene rings is 1. The van der Waals surface area contributed by atoms with Crippen LogP contribution in [0.4, 0.5) is 0 Å². The van der Waals surface area contributed by atoms with Crippen LogP contribution >= 0.6 is 0 Å². The lowest BCUT2D eigenvalue weighted by Crippen LogP contribution is -2.34. The number of ether oxygens (including phenoxy) is 1. The molecule has 2 aromatic rings. The number of aldehydes is 1. The molecule has 4 rings (SSSR count). The van der Waals surface area contributed by atoms with Gasteiger partial charge in [0.15, 0.2) is 12.5 Å². The van der Waals surface area contributed by atoms with Crippen molar-refractivity contribution in [2.75, 3.05) is 6.61 Å². The number of rotatable bonds is 4. The minimum atomic E-state index is -0.451. The number of hydrogen-bond donors (Lipinski definition) is 3. The van der Waals surface area contributed by atoms with Crippen molar-refractivity contribution >= 4 is 17.2 Å². The molecule has 0 amide bonds. The molecule has 22 heavy (non-hydrogen) atoms. The molecule has 0 spiro atoms. The Bertz CT molecular complexity index is 690. The van der Waals surface area contributed by atoms with Crippen LogP contribution in [0.1, 0.15) is 29.9 Å². The molecule has 116 valence electrons. The summed E-state index contributed by atoms with van der Waals surface area (Å²) < 4.78 is 5.36. The summed E-state index contributed by atoms with van der Waals surface area (Å²) >= 11 is 0. The van der Waals surface area contributed by atoms with Crippen LogP contribution in [-0.4, -0.2) is 36.2 Å². The first-order chi connectivity index (χ1) is 10.7. The maximum atomic E-state index is 10.7. The fourth-order valence-electron chi connectivity index (χ4n) is 3.60. The van der Waals surface area contributed by atoms with E-state index in [4.69, 9.17) is 10.5 Å². The summed E-state index contributed by atoms with van der Waals surface area (Å²) in [6.07, 6.45) is 5.52. The Labute approximate surface area is 129 Å². The lowest BCUT2D eigenvalue weighted by Gasteiger charge is -2.32. The van der Waals surface area contributed by atoms with Gasteiger partial charge >= 0.3 is 0 Å². The van der Waals surface area contributed by atoms with E-state index in [0.717, 1.165) is 25.5 Å². The van der Waals surface area contributed by atoms with E-state index in [1.165, 1.54) is 22.0 Å². The molecule has 0 radical (unpaired) electrons. The highest BCUT2D eigenvalue weighted by molar-refractivity contribution is 5.84. The van der Waals surface area contributed by atoms with Crippen molar-refractivity contribution in [3.8, 4) is 0 Å². The summed E-state index contributed by atoms with van der Waals surface area (Å²) in [6, 6.07) is 7.11. The summed E-state index contributed by atoms with van der Waals surface area (Å²) in [6.45, 7) is 0.582. The SMILES string of the molecule is NC1CC(c2c[nH]c3ccc(C[C@H]4COC(C=O)N4)cc23)C1. The van der Waals surface area contributed by atoms with Crippen LogP contribution in [0.15, 0.2) is 24.4 Å². The van der Waals surface area contributed by atoms with Crippen molar-refractivity contribution in [1.82, 2.24) is 10.3 Å². The largest absolute Gasteiger partial charge is 0.361 e. The smallest absolute Gasteiger partial charge is 0.164 e. The topological polar surface area (TPSA) is 80.1 Å². The zero-order valence-corrected chi connectivity index (χ0v) is 12.4. The lowest BCUT2D eigenvalue weighted by molar-refractivity contribution is -0.116. The highest BCUT2D eigenvalue weighted by Gasteiger charge is 2.29. The van der Waals surface area contributed by atoms with E-state index in [2.05, 4.69) is 34.7 Å². The van der Waals surface area contributed by atoms with Crippen molar-refractivity contribution in [3.63, 3.8) is 0 Å². The van der Waals surface area contributed by atoms with E-state index < -0.39 is 6.23 Å². The van der Waals surface area contributed by atoms with Crippen LogP contribution in [0.2, 0.25) is 0 Å². The molecule has 0 bridgehead atoms. The fourth-order valence-corrected chi connectivity index (χ4v) is 3.60. The van der Waals surface area contributed by atoms with Gasteiger partial charge in [0.1, 0.15) is 0 Å². The molecule has 1 aromatic heterocycles. The first-order valence-electron chi connectivity index (χ1n) is 7.91. The number of carbonyl (C=O) groups is 1. The molecule has 1 unspecified atom stereocenters. The van der Waals surface area contributed by atoms with Gasteiger partial charge in [-0.2, -0.15) is 0 Å². The molecule has 1 aliphatic carbocycles. The molecule has 1 saturated carbocycles. The summed E-state index contributed by atoms with van der Waals surface area (Å²) in [5.41, 5.74) is 9.76. The summed E-state index contributed by atoms with van der Waals surface area (Å²) in [4.78, 5) is 14.1. The van der Waals surface area contributed by atoms with E-state index >= 15 is 0 Å². The molecule has 1 saturated heterocycles. The van der Waals surface area contributed by atoms with Gasteiger partial charge in [-0.1, -0.05) is 6.07 Å². The first kappa shape index (κ1) is 13.9. The van der Waals surface area contributed by atoms with E-state index in [9.17, 15) is 4.79 Å². The molecule has 2 fully saturated rings. The maximum absolute atomic E-state index is 10.7. The van der Waals surface area contributed by atoms with Gasteiger partial charge in [-0.05, 0) is 48.4 Å². The van der Waals surface area contributed by atoms with Crippen molar-refractivity contribution in [1.29, 1.82) is 0 Å². The van der Waals surface area contributed by atoms with E-state index in [1.807, 2.05) is 0 Å². The number of H-pyrrole nitrogens is 1. The average Bonchev–Trinajstić information content (AvgIpc) is 3.10. The van der Waals surface area contributed by atoms with Crippen molar-refractivity contribution in [2.24, 2.45) is 5.73 Å². The van der Waals surface area contributed by atoms with Crippen LogP contribution in [0.5, 0.6) is 0 Å². The second-order valence-electron chi connectivity index (χ2n) is 6.51. The first-order valence-corrected chi connectivity index (χ1v) is 7.91. The maximum Gasteiger partial charge on any atom is 0.164 e. The van der Waals surface area contributed by atoms with Gasteiger partial charge in [0.25, 0.3) is 0 Å². The van der Waals surface area contributed by atoms with Crippen molar-refractivity contribution in [3.05, 3.63) is 35.5 Å². The molecule has 5 nitrogen and oxygen atoms in total. The minimum Gasteiger partial charge on any atom is -0.361 e. The van der Waals surface area contributed by atoms with Crippen LogP contribution in [-0.2, 0) is 16.0 Å². The van der Waals surface area contributed by atoms with Gasteiger partial charge in [-0.25, -0.2) is 0 Å². The molecular weight excluding hydrogens is 278 g/mol. The Morgan fingerprint density at radius 3 is 2.95 bits per heavy atom. The monoisotopic (exact) mass is 299 g/mol. The zero-order valence-electron chi connectivity index (χ0n) is 12.4. The number of aromatic nitrogens is 1. The van der Waals surface area contributed by atoms with Crippen molar-refractivity contribution < 1.29 is 9.53 Å². The van der Waals surface area contributed by atoms with Gasteiger partial charge in [-0.3, -0.25) is 10.1 Å². The number of hydrogen-bond acceptors (Lipinski definition) is 4. The summed E-state index contributed by atoms with van der Waals surface area (Å²) in [7, 11) is 0. The van der Waals surface area contributed by atoms with Crippen LogP contribution in [0.25, 0.3) is 10.9 Å². The van der Waals surface area contributed by atoms with Crippen LogP contribution < -0.4 is 11.1 Å². The number of nitrogens with two attached hydrogens (primary N) is 1. The number of carbonyl (C=O) groups excluding carboxylic acids is 1. The Morgan fingerprint density at radius 1 is 1.36 bits per heavy atom. The molecular formula is C17H21N3O2. The predicted molar refractivity (Wildman–Crippen MR) is 84.7 cm³/mol. The zero-order chi connectivity index (χ0) is 15.1. The van der Waals surface area contributed by atoms with Gasteiger partial charge in [0, 0.05) is 29.2 Å². The van der Waals surface area contributed by atoms with E-state index in [-0.39, 0.29) is 6.04 Å². The second-order valence-corrected chi connectivity index (χ2v) is 6.51. The molecule has 2 heterocycles. The third-order valence-corrected chi connectivity index (χ3v) is 4.88. The van der Waals surface area contributed by atoms with Crippen molar-refractivity contribution in [2.45, 2.75) is 43.5 Å². The van der Waals surface area contributed by atoms with E-state index in [1.54, 1.807) is 0 Å². The standard InChI is InChI=1S/C17H21N3O2/c18-12-5-11(6-12)15-7-19-16-2-1-10(4-14(15)16)3-13-9-22-17(8-21)20-13/h1-2,4,7-8,11-13,17,19-20H,3,5-6,9,18H2/t11?,12?,13-,17?/m0/s1. The molecule has 4 N–H and O–H groups in total. The molecule has 2 aliphatic rings. The predicted octanol–water partition coefficient (Wildman–Crippen LogP) is 1.43. The Morgan fingerprint density at radius 2 is 2.23 bits per heavy atom. The van der Waals surface area contributed by atoms with Crippen LogP contribution in [0.3, 0.4) is 0 Å². The fraction of sp³-hybridized carbons (Fsp3) is 0.471. The molecule has 2 atom stereocenters. The third kappa shape index (κ3) is 2.45. The van der Waals surface area contributed by atoms with Gasteiger partial charge in [0.05, 0.1) is 6.61 Å². The summed E-state index contributed by atoms with van der Waals surface area (Å²) in [5, 5.41) is 4.49. The van der Waals surface area contributed by atoms with Gasteiger partial charge < -0.3 is 15.5 Å². The third-order valence-electron chi connectivity index (χ3n) is 4.88. The lowest BCUT2D eigenvalue weighted by atomic mass is 9.76. The normalized spacial score (nSPS) is 31.3. The highest BCUT2D eigenvalue weighted by atomic mass is 16.5. The summed E-state index contributed by atoms with van der Waals surface area (Å²) in [5.74, 6) is 0.589. The minimum absolute atomic E-state index is 0.201.